The third-order valence-electron chi connectivity index (χ3n) is 6.59. The summed E-state index contributed by atoms with van der Waals surface area (Å²) in [6.45, 7) is 9.09. The minimum Gasteiger partial charge on any atom is -0.463 e. The van der Waals surface area contributed by atoms with Crippen LogP contribution in [0.1, 0.15) is 62.3 Å². The van der Waals surface area contributed by atoms with E-state index in [1.165, 1.54) is 13.8 Å². The lowest BCUT2D eigenvalue weighted by molar-refractivity contribution is -0.358. The predicted molar refractivity (Wildman–Crippen MR) is 154 cm³/mol. The molecule has 0 N–H and O–H groups in total. The van der Waals surface area contributed by atoms with Gasteiger partial charge in [-0.25, -0.2) is 0 Å². The maximum atomic E-state index is 12.6. The molecule has 19 heteroatoms. The number of rotatable bonds is 13. The van der Waals surface area contributed by atoms with Crippen LogP contribution < -0.4 is 0 Å². The fraction of sp³-hybridized carbons (Fsp3) is 0.733. The van der Waals surface area contributed by atoms with Gasteiger partial charge in [0.1, 0.15) is 31.5 Å². The molecule has 2 saturated heterocycles. The number of hydrogen-bond donors (Lipinski definition) is 0. The predicted octanol–water partition coefficient (Wildman–Crippen LogP) is -0.195. The van der Waals surface area contributed by atoms with Crippen LogP contribution >= 0.6 is 0 Å². The molecule has 0 aliphatic carbocycles. The maximum absolute atomic E-state index is 12.6. The van der Waals surface area contributed by atoms with Crippen molar-refractivity contribution in [2.75, 3.05) is 13.2 Å². The first-order valence-electron chi connectivity index (χ1n) is 15.1. The van der Waals surface area contributed by atoms with Crippen molar-refractivity contribution in [1.82, 2.24) is 0 Å². The van der Waals surface area contributed by atoms with Crippen LogP contribution in [0.5, 0.6) is 0 Å². The summed E-state index contributed by atoms with van der Waals surface area (Å²) in [5.41, 5.74) is 0. The first-order chi connectivity index (χ1) is 22.8. The largest absolute Gasteiger partial charge is 0.463 e. The average molecular weight is 707 g/mol. The van der Waals surface area contributed by atoms with Crippen molar-refractivity contribution in [3.8, 4) is 0 Å². The Balaban J connectivity index is 2.75. The molecule has 0 bridgehead atoms. The second-order valence-electron chi connectivity index (χ2n) is 11.3. The van der Waals surface area contributed by atoms with Gasteiger partial charge in [0, 0.05) is 48.5 Å². The number of ether oxygens (including phenoxy) is 11. The normalized spacial score (nSPS) is 29.4. The summed E-state index contributed by atoms with van der Waals surface area (Å²) in [5.74, 6) is -7.61. The van der Waals surface area contributed by atoms with Crippen LogP contribution in [0.3, 0.4) is 0 Å². The Morgan fingerprint density at radius 2 is 0.796 bits per heavy atom. The van der Waals surface area contributed by atoms with Gasteiger partial charge in [-0.1, -0.05) is 13.8 Å². The molecule has 2 fully saturated rings. The molecule has 0 amide bonds. The van der Waals surface area contributed by atoms with E-state index in [1.807, 2.05) is 0 Å². The van der Waals surface area contributed by atoms with E-state index in [0.717, 1.165) is 48.5 Å². The summed E-state index contributed by atoms with van der Waals surface area (Å²) in [5, 5.41) is 0. The molecule has 2 heterocycles. The molecule has 10 atom stereocenters. The van der Waals surface area contributed by atoms with Crippen molar-refractivity contribution >= 4 is 47.8 Å². The van der Waals surface area contributed by atoms with Gasteiger partial charge in [-0.05, 0) is 0 Å². The molecule has 2 aliphatic heterocycles. The quantitative estimate of drug-likeness (QED) is 0.178. The molecule has 0 aromatic carbocycles. The molecule has 0 saturated carbocycles. The highest BCUT2D eigenvalue weighted by atomic mass is 16.8. The minimum atomic E-state index is -1.83. The van der Waals surface area contributed by atoms with Crippen LogP contribution in [-0.2, 0) is 90.5 Å². The number of hydrogen-bond acceptors (Lipinski definition) is 19. The summed E-state index contributed by atoms with van der Waals surface area (Å²) in [6, 6.07) is 0. The van der Waals surface area contributed by atoms with Crippen LogP contribution in [0, 0.1) is 5.92 Å². The highest BCUT2D eigenvalue weighted by molar-refractivity contribution is 5.72. The van der Waals surface area contributed by atoms with E-state index in [2.05, 4.69) is 0 Å². The monoisotopic (exact) mass is 706 g/mol. The van der Waals surface area contributed by atoms with Gasteiger partial charge in [0.2, 0.25) is 12.4 Å². The smallest absolute Gasteiger partial charge is 0.310 e. The molecule has 276 valence electrons. The van der Waals surface area contributed by atoms with E-state index in [4.69, 9.17) is 52.1 Å². The van der Waals surface area contributed by atoms with Crippen molar-refractivity contribution in [3.05, 3.63) is 0 Å². The standard InChI is InChI=1S/C30H42O19/c1-12(2)28(38)49-30-27(45-19(9)37)25(43-17(7)35)23(21(47-30)11-40-14(4)32)48-29-26(44-18(8)36)24(42-16(6)34)22(41-15(5)33)20(46-29)10-39-13(3)31/h12,20-27,29-30H,10-11H2,1-9H3/t20-,21-,22+,23-,24+,25+,26-,27-,29+,30?/m1/s1. The fourth-order valence-corrected chi connectivity index (χ4v) is 4.82. The molecule has 2 aliphatic rings. The first kappa shape index (κ1) is 40.8. The SMILES string of the molecule is CC(=O)OC[C@H]1O[C@@H](O[C@H]2[C@H](OC(C)=O)[C@@H](OC(C)=O)C(OC(=O)C(C)C)O[C@@H]2COC(C)=O)[C@H](OC(C)=O)[C@@H](OC(C)=O)[C@H]1OC(C)=O. The lowest BCUT2D eigenvalue weighted by Crippen LogP contribution is -2.67. The van der Waals surface area contributed by atoms with Crippen molar-refractivity contribution in [1.29, 1.82) is 0 Å². The summed E-state index contributed by atoms with van der Waals surface area (Å²) < 4.78 is 60.9. The van der Waals surface area contributed by atoms with Crippen molar-refractivity contribution in [3.63, 3.8) is 0 Å². The summed E-state index contributed by atoms with van der Waals surface area (Å²) in [7, 11) is 0. The Hall–Kier alpha value is -4.36. The molecule has 0 spiro atoms. The van der Waals surface area contributed by atoms with Crippen LogP contribution in [0.15, 0.2) is 0 Å². The molecule has 2 rings (SSSR count). The van der Waals surface area contributed by atoms with Crippen molar-refractivity contribution < 1.29 is 90.5 Å². The zero-order valence-electron chi connectivity index (χ0n) is 28.5. The summed E-state index contributed by atoms with van der Waals surface area (Å²) >= 11 is 0. The van der Waals surface area contributed by atoms with Gasteiger partial charge in [0.05, 0.1) is 5.92 Å². The second kappa shape index (κ2) is 18.4. The van der Waals surface area contributed by atoms with E-state index in [1.54, 1.807) is 0 Å². The highest BCUT2D eigenvalue weighted by Gasteiger charge is 2.58. The van der Waals surface area contributed by atoms with Crippen molar-refractivity contribution in [2.24, 2.45) is 5.92 Å². The number of esters is 8. The highest BCUT2D eigenvalue weighted by Crippen LogP contribution is 2.35. The molecule has 0 aromatic rings. The zero-order chi connectivity index (χ0) is 37.2. The summed E-state index contributed by atoms with van der Waals surface area (Å²) in [4.78, 5) is 97.5. The molecular formula is C30H42O19. The van der Waals surface area contributed by atoms with E-state index in [0.29, 0.717) is 0 Å². The van der Waals surface area contributed by atoms with Crippen molar-refractivity contribution in [2.45, 2.75) is 124 Å². The zero-order valence-corrected chi connectivity index (χ0v) is 28.5. The lowest BCUT2D eigenvalue weighted by Gasteiger charge is -2.48. The summed E-state index contributed by atoms with van der Waals surface area (Å²) in [6.07, 6.45) is -16.4. The van der Waals surface area contributed by atoms with Crippen LogP contribution in [0.4, 0.5) is 0 Å². The molecule has 49 heavy (non-hydrogen) atoms. The fourth-order valence-electron chi connectivity index (χ4n) is 4.82. The van der Waals surface area contributed by atoms with Crippen LogP contribution in [0.2, 0.25) is 0 Å². The second-order valence-corrected chi connectivity index (χ2v) is 11.3. The molecule has 0 radical (unpaired) electrons. The Morgan fingerprint density at radius 3 is 1.20 bits per heavy atom. The molecule has 1 unspecified atom stereocenters. The molecule has 0 aromatic heterocycles. The van der Waals surface area contributed by atoms with Gasteiger partial charge >= 0.3 is 47.8 Å². The topological polar surface area (TPSA) is 238 Å². The lowest BCUT2D eigenvalue weighted by atomic mass is 9.96. The number of carbonyl (C=O) groups is 8. The third kappa shape index (κ3) is 12.6. The Kier molecular flexibility index (Phi) is 15.3. The van der Waals surface area contributed by atoms with Crippen LogP contribution in [0.25, 0.3) is 0 Å². The van der Waals surface area contributed by atoms with E-state index < -0.39 is 128 Å². The minimum absolute atomic E-state index is 0.591. The Morgan fingerprint density at radius 1 is 0.449 bits per heavy atom. The van der Waals surface area contributed by atoms with Gasteiger partial charge in [-0.15, -0.1) is 0 Å². The van der Waals surface area contributed by atoms with E-state index in [9.17, 15) is 38.4 Å². The van der Waals surface area contributed by atoms with Crippen LogP contribution in [-0.4, -0.2) is 122 Å². The van der Waals surface area contributed by atoms with E-state index in [-0.39, 0.29) is 0 Å². The van der Waals surface area contributed by atoms with Gasteiger partial charge in [0.15, 0.2) is 30.7 Å². The van der Waals surface area contributed by atoms with Gasteiger partial charge in [0.25, 0.3) is 0 Å². The molecule has 19 nitrogen and oxygen atoms in total. The maximum Gasteiger partial charge on any atom is 0.310 e. The number of carbonyl (C=O) groups excluding carboxylic acids is 8. The Labute approximate surface area is 281 Å². The van der Waals surface area contributed by atoms with Gasteiger partial charge in [-0.2, -0.15) is 0 Å². The van der Waals surface area contributed by atoms with E-state index >= 15 is 0 Å². The average Bonchev–Trinajstić information content (AvgIpc) is 2.95. The molecular weight excluding hydrogens is 664 g/mol. The van der Waals surface area contributed by atoms with Gasteiger partial charge in [-0.3, -0.25) is 38.4 Å². The first-order valence-corrected chi connectivity index (χ1v) is 15.1. The Bertz CT molecular complexity index is 1250. The third-order valence-corrected chi connectivity index (χ3v) is 6.59. The van der Waals surface area contributed by atoms with Gasteiger partial charge < -0.3 is 52.1 Å².